The molecule has 7 heteroatoms. The van der Waals surface area contributed by atoms with Gasteiger partial charge in [-0.2, -0.15) is 0 Å². The van der Waals surface area contributed by atoms with E-state index in [1.807, 2.05) is 44.2 Å². The number of aryl methyl sites for hydroxylation is 1. The monoisotopic (exact) mass is 527 g/mol. The van der Waals surface area contributed by atoms with Crippen LogP contribution < -0.4 is 0 Å². The Hall–Kier alpha value is -2.35. The van der Waals surface area contributed by atoms with Gasteiger partial charge in [0.05, 0.1) is 39.3 Å². The third kappa shape index (κ3) is 7.59. The predicted molar refractivity (Wildman–Crippen MR) is 149 cm³/mol. The molecule has 2 N–H and O–H groups in total. The second kappa shape index (κ2) is 12.5. The Morgan fingerprint density at radius 2 is 1.89 bits per heavy atom. The van der Waals surface area contributed by atoms with Gasteiger partial charge in [0.2, 0.25) is 0 Å². The molecule has 5 atom stereocenters. The van der Waals surface area contributed by atoms with Gasteiger partial charge in [0.25, 0.3) is 0 Å². The fraction of sp³-hybridized carbons (Fsp3) is 0.567. The van der Waals surface area contributed by atoms with E-state index >= 15 is 0 Å². The number of hydrogen-bond donors (Lipinski definition) is 2. The molecule has 0 amide bonds. The van der Waals surface area contributed by atoms with Crippen molar-refractivity contribution in [2.24, 2.45) is 17.3 Å². The van der Waals surface area contributed by atoms with Crippen molar-refractivity contribution in [1.29, 1.82) is 0 Å². The van der Waals surface area contributed by atoms with Gasteiger partial charge in [-0.1, -0.05) is 51.5 Å². The lowest BCUT2D eigenvalue weighted by Crippen LogP contribution is -2.45. The summed E-state index contributed by atoms with van der Waals surface area (Å²) in [6, 6.07) is 6.08. The second-order valence-corrected chi connectivity index (χ2v) is 12.3. The number of aliphatic hydroxyl groups excluding tert-OH is 2. The summed E-state index contributed by atoms with van der Waals surface area (Å²) in [4.78, 5) is 30.6. The zero-order chi connectivity index (χ0) is 27.3. The third-order valence-electron chi connectivity index (χ3n) is 7.57. The first kappa shape index (κ1) is 29.2. The van der Waals surface area contributed by atoms with Gasteiger partial charge < -0.3 is 14.9 Å². The third-order valence-corrected chi connectivity index (χ3v) is 8.52. The fourth-order valence-corrected chi connectivity index (χ4v) is 5.68. The van der Waals surface area contributed by atoms with E-state index < -0.39 is 35.6 Å². The molecule has 1 aromatic heterocycles. The number of aliphatic hydroxyl groups is 2. The number of benzene rings is 1. The normalized spacial score (nSPS) is 30.3. The zero-order valence-corrected chi connectivity index (χ0v) is 23.7. The van der Waals surface area contributed by atoms with Crippen LogP contribution in [0.15, 0.2) is 35.9 Å². The maximum Gasteiger partial charge on any atom is 0.309 e. The minimum absolute atomic E-state index is 0.0490. The lowest BCUT2D eigenvalue weighted by Gasteiger charge is -2.34. The van der Waals surface area contributed by atoms with Crippen molar-refractivity contribution in [2.45, 2.75) is 92.0 Å². The molecule has 0 unspecified atom stereocenters. The highest BCUT2D eigenvalue weighted by molar-refractivity contribution is 7.18. The molecular weight excluding hydrogens is 486 g/mol. The topological polar surface area (TPSA) is 96.7 Å². The Morgan fingerprint density at radius 3 is 2.62 bits per heavy atom. The first-order valence-corrected chi connectivity index (χ1v) is 14.0. The minimum Gasteiger partial charge on any atom is -0.458 e. The van der Waals surface area contributed by atoms with Crippen LogP contribution in [0, 0.1) is 24.2 Å². The van der Waals surface area contributed by atoms with Crippen molar-refractivity contribution >= 4 is 39.4 Å². The SMILES string of the molecule is C/C1=C/C[C@@H](/C=C/c2ccc3sc(C)nc3c2)OC(=O)C[C@H](O)C(C)(C)C(=O)[C@@H](C)[C@@H](O)[C@@H](C)CCC1. The molecule has 3 rings (SSSR count). The average Bonchev–Trinajstić information content (AvgIpc) is 3.22. The summed E-state index contributed by atoms with van der Waals surface area (Å²) in [6.07, 6.45) is 6.14. The van der Waals surface area contributed by atoms with Gasteiger partial charge in [-0.3, -0.25) is 9.59 Å². The van der Waals surface area contributed by atoms with Crippen molar-refractivity contribution in [3.8, 4) is 0 Å². The molecule has 2 aromatic rings. The lowest BCUT2D eigenvalue weighted by molar-refractivity contribution is -0.153. The summed E-state index contributed by atoms with van der Waals surface area (Å²) in [5, 5.41) is 22.7. The van der Waals surface area contributed by atoms with Crippen LogP contribution in [0.4, 0.5) is 0 Å². The number of rotatable bonds is 2. The van der Waals surface area contributed by atoms with Crippen LogP contribution in [0.5, 0.6) is 0 Å². The van der Waals surface area contributed by atoms with Crippen molar-refractivity contribution in [3.05, 3.63) is 46.5 Å². The Balaban J connectivity index is 1.83. The molecular formula is C30H41NO5S. The summed E-state index contributed by atoms with van der Waals surface area (Å²) in [5.74, 6) is -1.51. The highest BCUT2D eigenvalue weighted by Gasteiger charge is 2.42. The summed E-state index contributed by atoms with van der Waals surface area (Å²) >= 11 is 1.65. The minimum atomic E-state index is -1.22. The van der Waals surface area contributed by atoms with Crippen LogP contribution in [-0.2, 0) is 14.3 Å². The van der Waals surface area contributed by atoms with Gasteiger partial charge in [0.1, 0.15) is 11.9 Å². The molecule has 1 aliphatic rings. The van der Waals surface area contributed by atoms with Crippen LogP contribution >= 0.6 is 11.3 Å². The summed E-state index contributed by atoms with van der Waals surface area (Å²) in [6.45, 7) is 11.0. The maximum atomic E-state index is 13.2. The van der Waals surface area contributed by atoms with E-state index in [9.17, 15) is 19.8 Å². The van der Waals surface area contributed by atoms with Crippen molar-refractivity contribution < 1.29 is 24.5 Å². The second-order valence-electron chi connectivity index (χ2n) is 11.1. The number of ketones is 1. The zero-order valence-electron chi connectivity index (χ0n) is 22.9. The van der Waals surface area contributed by atoms with Gasteiger partial charge in [-0.25, -0.2) is 4.98 Å². The molecule has 0 bridgehead atoms. The highest BCUT2D eigenvalue weighted by Crippen LogP contribution is 2.32. The van der Waals surface area contributed by atoms with Gasteiger partial charge in [-0.15, -0.1) is 11.3 Å². The van der Waals surface area contributed by atoms with Gasteiger partial charge in [0.15, 0.2) is 0 Å². The van der Waals surface area contributed by atoms with Gasteiger partial charge >= 0.3 is 5.97 Å². The molecule has 6 nitrogen and oxygen atoms in total. The number of Topliss-reactive ketones (excluding diaryl/α,β-unsaturated/α-hetero) is 1. The number of fused-ring (bicyclic) bond motifs is 1. The molecule has 1 aromatic carbocycles. The van der Waals surface area contributed by atoms with E-state index in [1.165, 1.54) is 5.57 Å². The number of cyclic esters (lactones) is 1. The molecule has 1 aliphatic heterocycles. The fourth-order valence-electron chi connectivity index (χ4n) is 4.87. The van der Waals surface area contributed by atoms with Crippen LogP contribution in [0.2, 0.25) is 0 Å². The Labute approximate surface area is 224 Å². The molecule has 0 aliphatic carbocycles. The molecule has 0 saturated heterocycles. The first-order valence-electron chi connectivity index (χ1n) is 13.2. The average molecular weight is 528 g/mol. The smallest absolute Gasteiger partial charge is 0.309 e. The summed E-state index contributed by atoms with van der Waals surface area (Å²) < 4.78 is 6.90. The number of ether oxygens (including phenoxy) is 1. The molecule has 0 saturated carbocycles. The number of carbonyl (C=O) groups excluding carboxylic acids is 2. The molecule has 202 valence electrons. The molecule has 0 fully saturated rings. The van der Waals surface area contributed by atoms with E-state index in [4.69, 9.17) is 4.74 Å². The van der Waals surface area contributed by atoms with Crippen LogP contribution in [0.3, 0.4) is 0 Å². The summed E-state index contributed by atoms with van der Waals surface area (Å²) in [7, 11) is 0. The Kier molecular flexibility index (Phi) is 9.84. The number of aromatic nitrogens is 1. The predicted octanol–water partition coefficient (Wildman–Crippen LogP) is 6.03. The van der Waals surface area contributed by atoms with Crippen LogP contribution in [-0.4, -0.2) is 45.3 Å². The number of nitrogens with zero attached hydrogens (tertiary/aromatic N) is 1. The molecule has 37 heavy (non-hydrogen) atoms. The van der Waals surface area contributed by atoms with Crippen molar-refractivity contribution in [1.82, 2.24) is 4.98 Å². The Morgan fingerprint density at radius 1 is 1.16 bits per heavy atom. The highest BCUT2D eigenvalue weighted by atomic mass is 32.1. The number of esters is 1. The molecule has 0 spiro atoms. The lowest BCUT2D eigenvalue weighted by atomic mass is 9.73. The van der Waals surface area contributed by atoms with Gasteiger partial charge in [-0.05, 0) is 62.8 Å². The van der Waals surface area contributed by atoms with E-state index in [0.717, 1.165) is 40.1 Å². The van der Waals surface area contributed by atoms with E-state index in [-0.39, 0.29) is 18.1 Å². The largest absolute Gasteiger partial charge is 0.458 e. The maximum absolute atomic E-state index is 13.2. The number of carbonyl (C=O) groups is 2. The van der Waals surface area contributed by atoms with Crippen molar-refractivity contribution in [3.63, 3.8) is 0 Å². The standard InChI is InChI=1S/C30H41NO5S/c1-18-8-7-9-19(2)28(34)20(3)29(35)30(5,6)26(32)17-27(33)36-23(13-10-18)14-11-22-12-15-25-24(16-22)31-21(4)37-25/h10-12,14-16,19-20,23,26,28,32,34H,7-9,13,17H2,1-6H3/b14-11+,18-10-/t19-,20-,23-,26-,28-/m0/s1. The number of hydrogen-bond acceptors (Lipinski definition) is 7. The van der Waals surface area contributed by atoms with Gasteiger partial charge in [0, 0.05) is 12.3 Å². The Bertz CT molecular complexity index is 1160. The summed E-state index contributed by atoms with van der Waals surface area (Å²) in [5.41, 5.74) is 1.90. The quantitative estimate of drug-likeness (QED) is 0.366. The molecule has 2 heterocycles. The van der Waals surface area contributed by atoms with E-state index in [1.54, 1.807) is 32.1 Å². The number of allylic oxidation sites excluding steroid dienone is 1. The van der Waals surface area contributed by atoms with Crippen LogP contribution in [0.25, 0.3) is 16.3 Å². The van der Waals surface area contributed by atoms with Crippen LogP contribution in [0.1, 0.15) is 77.3 Å². The van der Waals surface area contributed by atoms with E-state index in [0.29, 0.717) is 6.42 Å². The number of thiazole rings is 1. The molecule has 0 radical (unpaired) electrons. The van der Waals surface area contributed by atoms with Crippen molar-refractivity contribution in [2.75, 3.05) is 0 Å². The first-order chi connectivity index (χ1) is 17.4. The van der Waals surface area contributed by atoms with E-state index in [2.05, 4.69) is 18.0 Å².